The molecule has 0 aromatic heterocycles. The molecule has 2 heteroatoms. The Kier molecular flexibility index (Phi) is 6.07. The van der Waals surface area contributed by atoms with Gasteiger partial charge in [-0.05, 0) is 49.7 Å². The molecular formula is C13H22OS. The lowest BCUT2D eigenvalue weighted by molar-refractivity contribution is -0.113. The second-order valence-corrected chi connectivity index (χ2v) is 5.41. The third-order valence-corrected chi connectivity index (χ3v) is 4.16. The molecule has 0 spiro atoms. The van der Waals surface area contributed by atoms with Crippen molar-refractivity contribution in [2.75, 3.05) is 5.75 Å². The average molecular weight is 226 g/mol. The van der Waals surface area contributed by atoms with Gasteiger partial charge in [0, 0.05) is 5.57 Å². The van der Waals surface area contributed by atoms with Gasteiger partial charge in [0.25, 0.3) is 0 Å². The van der Waals surface area contributed by atoms with Gasteiger partial charge in [-0.1, -0.05) is 19.8 Å². The number of unbranched alkanes of at least 4 members (excludes halogenated alkanes) is 1. The van der Waals surface area contributed by atoms with Gasteiger partial charge >= 0.3 is 0 Å². The van der Waals surface area contributed by atoms with Gasteiger partial charge < -0.3 is 0 Å². The molecule has 0 bridgehead atoms. The molecule has 0 aromatic carbocycles. The number of hydrogen-bond acceptors (Lipinski definition) is 2. The van der Waals surface area contributed by atoms with E-state index < -0.39 is 0 Å². The first-order valence-electron chi connectivity index (χ1n) is 6.11. The number of allylic oxidation sites excluding steroid dienone is 2. The topological polar surface area (TPSA) is 17.1 Å². The Morgan fingerprint density at radius 2 is 2.00 bits per heavy atom. The van der Waals surface area contributed by atoms with Crippen LogP contribution < -0.4 is 0 Å². The molecule has 15 heavy (non-hydrogen) atoms. The minimum absolute atomic E-state index is 0.302. The average Bonchev–Trinajstić information content (AvgIpc) is 2.43. The lowest BCUT2D eigenvalue weighted by Crippen LogP contribution is -1.99. The third kappa shape index (κ3) is 4.42. The van der Waals surface area contributed by atoms with Crippen LogP contribution in [0.25, 0.3) is 0 Å². The van der Waals surface area contributed by atoms with Gasteiger partial charge in [-0.25, -0.2) is 0 Å². The lowest BCUT2D eigenvalue weighted by Gasteiger charge is -2.09. The molecule has 0 saturated heterocycles. The summed E-state index contributed by atoms with van der Waals surface area (Å²) in [6.07, 6.45) is 8.43. The molecule has 0 saturated carbocycles. The maximum atomic E-state index is 11.5. The Labute approximate surface area is 97.7 Å². The van der Waals surface area contributed by atoms with Crippen molar-refractivity contribution in [2.24, 2.45) is 0 Å². The quantitative estimate of drug-likeness (QED) is 0.649. The van der Waals surface area contributed by atoms with Gasteiger partial charge in [0.05, 0.1) is 0 Å². The van der Waals surface area contributed by atoms with E-state index in [1.165, 1.54) is 42.8 Å². The SMILES string of the molecule is CCCCSC1=C(C(C)=O)CCCCC1. The Balaban J connectivity index is 2.61. The minimum atomic E-state index is 0.302. The lowest BCUT2D eigenvalue weighted by atomic mass is 10.1. The molecular weight excluding hydrogens is 204 g/mol. The molecule has 0 radical (unpaired) electrons. The van der Waals surface area contributed by atoms with Crippen molar-refractivity contribution in [3.63, 3.8) is 0 Å². The smallest absolute Gasteiger partial charge is 0.156 e. The predicted octanol–water partition coefficient (Wildman–Crippen LogP) is 4.33. The Morgan fingerprint density at radius 3 is 2.67 bits per heavy atom. The Bertz CT molecular complexity index is 243. The van der Waals surface area contributed by atoms with Gasteiger partial charge in [-0.3, -0.25) is 4.79 Å². The predicted molar refractivity (Wildman–Crippen MR) is 68.2 cm³/mol. The van der Waals surface area contributed by atoms with Crippen LogP contribution in [0.5, 0.6) is 0 Å². The van der Waals surface area contributed by atoms with Crippen molar-refractivity contribution >= 4 is 17.5 Å². The van der Waals surface area contributed by atoms with Gasteiger partial charge in [0.1, 0.15) is 0 Å². The summed E-state index contributed by atoms with van der Waals surface area (Å²) in [5.41, 5.74) is 1.13. The molecule has 0 heterocycles. The summed E-state index contributed by atoms with van der Waals surface area (Å²) in [5.74, 6) is 1.48. The summed E-state index contributed by atoms with van der Waals surface area (Å²) in [7, 11) is 0. The fourth-order valence-corrected chi connectivity index (χ4v) is 3.31. The van der Waals surface area contributed by atoms with Gasteiger partial charge in [0.2, 0.25) is 0 Å². The highest BCUT2D eigenvalue weighted by Gasteiger charge is 2.14. The second kappa shape index (κ2) is 7.10. The Morgan fingerprint density at radius 1 is 1.27 bits per heavy atom. The van der Waals surface area contributed by atoms with Crippen LogP contribution >= 0.6 is 11.8 Å². The highest BCUT2D eigenvalue weighted by molar-refractivity contribution is 8.03. The van der Waals surface area contributed by atoms with Crippen LogP contribution in [0.2, 0.25) is 0 Å². The van der Waals surface area contributed by atoms with Crippen LogP contribution in [0.4, 0.5) is 0 Å². The van der Waals surface area contributed by atoms with Crippen molar-refractivity contribution < 1.29 is 4.79 Å². The number of Topliss-reactive ketones (excluding diaryl/α,β-unsaturated/α-hetero) is 1. The minimum Gasteiger partial charge on any atom is -0.295 e. The monoisotopic (exact) mass is 226 g/mol. The molecule has 1 aliphatic carbocycles. The van der Waals surface area contributed by atoms with Crippen LogP contribution in [-0.4, -0.2) is 11.5 Å². The van der Waals surface area contributed by atoms with E-state index >= 15 is 0 Å². The molecule has 1 nitrogen and oxygen atoms in total. The standard InChI is InChI=1S/C13H22OS/c1-3-4-10-15-13-9-7-5-6-8-12(13)11(2)14/h3-10H2,1-2H3. The van der Waals surface area contributed by atoms with E-state index in [9.17, 15) is 4.79 Å². The van der Waals surface area contributed by atoms with Crippen LogP contribution in [0.1, 0.15) is 58.8 Å². The van der Waals surface area contributed by atoms with E-state index in [-0.39, 0.29) is 0 Å². The largest absolute Gasteiger partial charge is 0.295 e. The van der Waals surface area contributed by atoms with E-state index in [1.54, 1.807) is 6.92 Å². The molecule has 0 unspecified atom stereocenters. The first-order chi connectivity index (χ1) is 7.25. The number of rotatable bonds is 5. The maximum Gasteiger partial charge on any atom is 0.156 e. The van der Waals surface area contributed by atoms with Crippen LogP contribution in [0.3, 0.4) is 0 Å². The van der Waals surface area contributed by atoms with Gasteiger partial charge in [-0.15, -0.1) is 11.8 Å². The summed E-state index contributed by atoms with van der Waals surface area (Å²) < 4.78 is 0. The number of thioether (sulfide) groups is 1. The zero-order valence-corrected chi connectivity index (χ0v) is 10.8. The molecule has 0 atom stereocenters. The fraction of sp³-hybridized carbons (Fsp3) is 0.769. The molecule has 0 aliphatic heterocycles. The number of carbonyl (C=O) groups is 1. The zero-order valence-electron chi connectivity index (χ0n) is 9.97. The summed E-state index contributed by atoms with van der Waals surface area (Å²) in [4.78, 5) is 12.9. The molecule has 0 fully saturated rings. The van der Waals surface area contributed by atoms with E-state index in [0.717, 1.165) is 18.4 Å². The fourth-order valence-electron chi connectivity index (χ4n) is 1.93. The Hall–Kier alpha value is -0.240. The zero-order chi connectivity index (χ0) is 11.1. The van der Waals surface area contributed by atoms with E-state index in [2.05, 4.69) is 6.92 Å². The van der Waals surface area contributed by atoms with Gasteiger partial charge in [0.15, 0.2) is 5.78 Å². The highest BCUT2D eigenvalue weighted by Crippen LogP contribution is 2.32. The van der Waals surface area contributed by atoms with Crippen molar-refractivity contribution in [1.29, 1.82) is 0 Å². The molecule has 0 aromatic rings. The first-order valence-corrected chi connectivity index (χ1v) is 7.10. The van der Waals surface area contributed by atoms with Crippen LogP contribution in [0, 0.1) is 0 Å². The van der Waals surface area contributed by atoms with Gasteiger partial charge in [-0.2, -0.15) is 0 Å². The first kappa shape index (κ1) is 12.8. The van der Waals surface area contributed by atoms with Crippen molar-refractivity contribution in [3.8, 4) is 0 Å². The normalized spacial score (nSPS) is 17.7. The highest BCUT2D eigenvalue weighted by atomic mass is 32.2. The molecule has 1 aliphatic rings. The summed E-state index contributed by atoms with van der Waals surface area (Å²) in [6.45, 7) is 3.94. The molecule has 0 N–H and O–H groups in total. The van der Waals surface area contributed by atoms with Crippen LogP contribution in [-0.2, 0) is 4.79 Å². The van der Waals surface area contributed by atoms with E-state index in [1.807, 2.05) is 11.8 Å². The number of hydrogen-bond donors (Lipinski definition) is 0. The van der Waals surface area contributed by atoms with E-state index in [0.29, 0.717) is 5.78 Å². The van der Waals surface area contributed by atoms with Crippen molar-refractivity contribution in [1.82, 2.24) is 0 Å². The molecule has 1 rings (SSSR count). The summed E-state index contributed by atoms with van der Waals surface area (Å²) in [5, 5.41) is 0. The maximum absolute atomic E-state index is 11.5. The molecule has 86 valence electrons. The molecule has 0 amide bonds. The van der Waals surface area contributed by atoms with Crippen LogP contribution in [0.15, 0.2) is 10.5 Å². The summed E-state index contributed by atoms with van der Waals surface area (Å²) in [6, 6.07) is 0. The van der Waals surface area contributed by atoms with Crippen molar-refractivity contribution in [3.05, 3.63) is 10.5 Å². The third-order valence-electron chi connectivity index (χ3n) is 2.87. The summed E-state index contributed by atoms with van der Waals surface area (Å²) >= 11 is 1.93. The number of ketones is 1. The second-order valence-electron chi connectivity index (χ2n) is 4.22. The van der Waals surface area contributed by atoms with E-state index in [4.69, 9.17) is 0 Å². The van der Waals surface area contributed by atoms with Crippen molar-refractivity contribution in [2.45, 2.75) is 58.8 Å². The number of carbonyl (C=O) groups excluding carboxylic acids is 1.